The fraction of sp³-hybridized carbons (Fsp3) is 0.160. The quantitative estimate of drug-likeness (QED) is 0.351. The number of anilines is 3. The molecule has 35 heavy (non-hydrogen) atoms. The maximum atomic E-state index is 13.1. The molecule has 10 heteroatoms. The van der Waals surface area contributed by atoms with Gasteiger partial charge in [0.2, 0.25) is 5.91 Å². The molecular formula is C25H19Cl4N3O3. The first-order valence-electron chi connectivity index (χ1n) is 10.6. The molecule has 4 rings (SSSR count). The third-order valence-electron chi connectivity index (χ3n) is 5.55. The highest BCUT2D eigenvalue weighted by molar-refractivity contribution is 6.38. The summed E-state index contributed by atoms with van der Waals surface area (Å²) in [6, 6.07) is 12.5. The lowest BCUT2D eigenvalue weighted by atomic mass is 10.1. The van der Waals surface area contributed by atoms with Gasteiger partial charge >= 0.3 is 0 Å². The molecule has 180 valence electrons. The van der Waals surface area contributed by atoms with Crippen LogP contribution in [0, 0.1) is 6.92 Å². The maximum Gasteiger partial charge on any atom is 0.257 e. The molecule has 0 spiro atoms. The van der Waals surface area contributed by atoms with Crippen LogP contribution in [0.2, 0.25) is 20.1 Å². The largest absolute Gasteiger partial charge is 0.322 e. The summed E-state index contributed by atoms with van der Waals surface area (Å²) >= 11 is 24.3. The summed E-state index contributed by atoms with van der Waals surface area (Å²) in [5, 5.41) is 6.85. The molecule has 0 bridgehead atoms. The fourth-order valence-corrected chi connectivity index (χ4v) is 4.77. The average molecular weight is 551 g/mol. The minimum Gasteiger partial charge on any atom is -0.322 e. The van der Waals surface area contributed by atoms with E-state index in [1.807, 2.05) is 0 Å². The molecule has 1 aliphatic rings. The van der Waals surface area contributed by atoms with Gasteiger partial charge in [-0.3, -0.25) is 14.4 Å². The molecule has 3 amide bonds. The van der Waals surface area contributed by atoms with Crippen molar-refractivity contribution >= 4 is 81.2 Å². The van der Waals surface area contributed by atoms with Gasteiger partial charge < -0.3 is 15.5 Å². The van der Waals surface area contributed by atoms with E-state index in [1.165, 1.54) is 24.3 Å². The van der Waals surface area contributed by atoms with Crippen LogP contribution in [-0.4, -0.2) is 24.3 Å². The van der Waals surface area contributed by atoms with Gasteiger partial charge in [-0.2, -0.15) is 0 Å². The number of amides is 3. The minimum absolute atomic E-state index is 0.0471. The first-order valence-corrected chi connectivity index (χ1v) is 12.1. The summed E-state index contributed by atoms with van der Waals surface area (Å²) in [5.41, 5.74) is 2.47. The van der Waals surface area contributed by atoms with Gasteiger partial charge in [-0.15, -0.1) is 0 Å². The molecule has 1 heterocycles. The number of nitrogens with zero attached hydrogens (tertiary/aromatic N) is 1. The van der Waals surface area contributed by atoms with Gasteiger partial charge in [-0.25, -0.2) is 0 Å². The lowest BCUT2D eigenvalue weighted by Gasteiger charge is -2.23. The third-order valence-corrected chi connectivity index (χ3v) is 6.65. The van der Waals surface area contributed by atoms with E-state index in [2.05, 4.69) is 10.6 Å². The summed E-state index contributed by atoms with van der Waals surface area (Å²) in [5.74, 6) is -0.978. The standard InChI is InChI=1S/C25H19Cl4N3O3/c1-13-9-22(32-8-2-3-23(32)33)21(31-25(35)17-7-5-15(27)11-19(17)29)12-20(13)30-24(34)16-6-4-14(26)10-18(16)28/h4-7,9-12H,2-3,8H2,1H3,(H,30,34)(H,31,35). The summed E-state index contributed by atoms with van der Waals surface area (Å²) in [6.07, 6.45) is 1.13. The van der Waals surface area contributed by atoms with Gasteiger partial charge in [0.25, 0.3) is 11.8 Å². The summed E-state index contributed by atoms with van der Waals surface area (Å²) in [7, 11) is 0. The molecule has 0 unspecified atom stereocenters. The Morgan fingerprint density at radius 3 is 1.83 bits per heavy atom. The Morgan fingerprint density at radius 1 is 0.800 bits per heavy atom. The van der Waals surface area contributed by atoms with Crippen LogP contribution in [0.1, 0.15) is 39.1 Å². The van der Waals surface area contributed by atoms with Crippen molar-refractivity contribution in [1.82, 2.24) is 0 Å². The average Bonchev–Trinajstić information content (AvgIpc) is 3.21. The second kappa shape index (κ2) is 10.5. The molecule has 0 saturated carbocycles. The third kappa shape index (κ3) is 5.57. The van der Waals surface area contributed by atoms with Crippen LogP contribution < -0.4 is 15.5 Å². The van der Waals surface area contributed by atoms with E-state index in [4.69, 9.17) is 46.4 Å². The molecule has 1 fully saturated rings. The zero-order valence-corrected chi connectivity index (χ0v) is 21.4. The van der Waals surface area contributed by atoms with Gasteiger partial charge in [0.05, 0.1) is 32.5 Å². The molecule has 1 saturated heterocycles. The predicted molar refractivity (Wildman–Crippen MR) is 142 cm³/mol. The normalized spacial score (nSPS) is 13.2. The highest BCUT2D eigenvalue weighted by Gasteiger charge is 2.26. The Bertz CT molecular complexity index is 1360. The van der Waals surface area contributed by atoms with Crippen LogP contribution in [0.5, 0.6) is 0 Å². The summed E-state index contributed by atoms with van der Waals surface area (Å²) < 4.78 is 0. The number of hydrogen-bond donors (Lipinski definition) is 2. The fourth-order valence-electron chi connectivity index (χ4n) is 3.78. The number of halogens is 4. The molecule has 0 radical (unpaired) electrons. The number of carbonyl (C=O) groups excluding carboxylic acids is 3. The summed E-state index contributed by atoms with van der Waals surface area (Å²) in [4.78, 5) is 40.1. The number of hydrogen-bond acceptors (Lipinski definition) is 3. The van der Waals surface area contributed by atoms with Gasteiger partial charge in [-0.05, 0) is 67.4 Å². The Labute approximate surface area is 222 Å². The molecule has 3 aromatic rings. The van der Waals surface area contributed by atoms with Crippen LogP contribution in [0.15, 0.2) is 48.5 Å². The highest BCUT2D eigenvalue weighted by atomic mass is 35.5. The first kappa shape index (κ1) is 25.3. The minimum atomic E-state index is -0.485. The number of benzene rings is 3. The first-order chi connectivity index (χ1) is 16.6. The topological polar surface area (TPSA) is 78.5 Å². The SMILES string of the molecule is Cc1cc(N2CCCC2=O)c(NC(=O)c2ccc(Cl)cc2Cl)cc1NC(=O)c1ccc(Cl)cc1Cl. The Balaban J connectivity index is 1.71. The number of rotatable bonds is 5. The van der Waals surface area contributed by atoms with Crippen molar-refractivity contribution in [3.05, 3.63) is 85.3 Å². The van der Waals surface area contributed by atoms with Crippen LogP contribution in [0.25, 0.3) is 0 Å². The number of nitrogens with one attached hydrogen (secondary N) is 2. The maximum absolute atomic E-state index is 13.1. The second-order valence-corrected chi connectivity index (χ2v) is 9.68. The molecule has 0 aliphatic carbocycles. The molecular weight excluding hydrogens is 532 g/mol. The van der Waals surface area contributed by atoms with E-state index in [1.54, 1.807) is 36.1 Å². The van der Waals surface area contributed by atoms with Crippen LogP contribution in [0.3, 0.4) is 0 Å². The van der Waals surface area contributed by atoms with E-state index < -0.39 is 11.8 Å². The molecule has 1 aliphatic heterocycles. The van der Waals surface area contributed by atoms with E-state index in [9.17, 15) is 14.4 Å². The van der Waals surface area contributed by atoms with Crippen molar-refractivity contribution in [3.63, 3.8) is 0 Å². The second-order valence-electron chi connectivity index (χ2n) is 7.99. The van der Waals surface area contributed by atoms with Crippen molar-refractivity contribution in [3.8, 4) is 0 Å². The Hall–Kier alpha value is -2.77. The van der Waals surface area contributed by atoms with Gasteiger partial charge in [0.15, 0.2) is 0 Å². The number of carbonyl (C=O) groups is 3. The van der Waals surface area contributed by atoms with E-state index in [0.717, 1.165) is 0 Å². The van der Waals surface area contributed by atoms with E-state index in [0.29, 0.717) is 52.1 Å². The van der Waals surface area contributed by atoms with Gasteiger partial charge in [0.1, 0.15) is 0 Å². The Kier molecular flexibility index (Phi) is 7.57. The van der Waals surface area contributed by atoms with Gasteiger partial charge in [0, 0.05) is 28.7 Å². The van der Waals surface area contributed by atoms with Gasteiger partial charge in [-0.1, -0.05) is 46.4 Å². The molecule has 0 atom stereocenters. The lowest BCUT2D eigenvalue weighted by Crippen LogP contribution is -2.26. The number of aryl methyl sites for hydroxylation is 1. The monoisotopic (exact) mass is 549 g/mol. The molecule has 3 aromatic carbocycles. The van der Waals surface area contributed by atoms with E-state index in [-0.39, 0.29) is 27.1 Å². The van der Waals surface area contributed by atoms with Crippen molar-refractivity contribution in [2.75, 3.05) is 22.1 Å². The summed E-state index contributed by atoms with van der Waals surface area (Å²) in [6.45, 7) is 2.32. The highest BCUT2D eigenvalue weighted by Crippen LogP contribution is 2.36. The zero-order chi connectivity index (χ0) is 25.3. The Morgan fingerprint density at radius 2 is 1.34 bits per heavy atom. The van der Waals surface area contributed by atoms with Crippen molar-refractivity contribution < 1.29 is 14.4 Å². The molecule has 6 nitrogen and oxygen atoms in total. The predicted octanol–water partition coefficient (Wildman–Crippen LogP) is 7.24. The zero-order valence-electron chi connectivity index (χ0n) is 18.4. The lowest BCUT2D eigenvalue weighted by molar-refractivity contribution is -0.117. The van der Waals surface area contributed by atoms with Crippen LogP contribution in [-0.2, 0) is 4.79 Å². The smallest absolute Gasteiger partial charge is 0.257 e. The van der Waals surface area contributed by atoms with Crippen molar-refractivity contribution in [2.45, 2.75) is 19.8 Å². The van der Waals surface area contributed by atoms with E-state index >= 15 is 0 Å². The van der Waals surface area contributed by atoms with Crippen molar-refractivity contribution in [2.24, 2.45) is 0 Å². The molecule has 0 aromatic heterocycles. The molecule has 2 N–H and O–H groups in total. The van der Waals surface area contributed by atoms with Crippen LogP contribution >= 0.6 is 46.4 Å². The van der Waals surface area contributed by atoms with Crippen molar-refractivity contribution in [1.29, 1.82) is 0 Å². The van der Waals surface area contributed by atoms with Crippen LogP contribution in [0.4, 0.5) is 17.1 Å².